The number of rotatable bonds is 8. The molecule has 0 saturated carbocycles. The number of aromatic nitrogens is 2. The van der Waals surface area contributed by atoms with Crippen LogP contribution in [0.4, 0.5) is 0 Å². The quantitative estimate of drug-likeness (QED) is 0.756. The van der Waals surface area contributed by atoms with Crippen LogP contribution in [0.1, 0.15) is 26.1 Å². The molecule has 1 rings (SSSR count). The molecule has 0 radical (unpaired) electrons. The van der Waals surface area contributed by atoms with E-state index in [0.717, 1.165) is 19.5 Å². The van der Waals surface area contributed by atoms with E-state index in [0.29, 0.717) is 6.04 Å². The molecule has 1 aromatic heterocycles. The van der Waals surface area contributed by atoms with Gasteiger partial charge in [0.15, 0.2) is 0 Å². The summed E-state index contributed by atoms with van der Waals surface area (Å²) < 4.78 is 2.23. The number of aryl methyl sites for hydroxylation is 1. The summed E-state index contributed by atoms with van der Waals surface area (Å²) in [4.78, 5) is 4.43. The second-order valence-corrected chi connectivity index (χ2v) is 4.86. The molecule has 0 aliphatic rings. The molecular weight excluding hydrogens is 218 g/mol. The van der Waals surface area contributed by atoms with Crippen molar-refractivity contribution in [3.63, 3.8) is 0 Å². The number of thioether (sulfide) groups is 1. The Kier molecular flexibility index (Phi) is 6.57. The van der Waals surface area contributed by atoms with Gasteiger partial charge < -0.3 is 9.88 Å². The van der Waals surface area contributed by atoms with E-state index in [4.69, 9.17) is 0 Å². The van der Waals surface area contributed by atoms with Gasteiger partial charge in [0, 0.05) is 31.4 Å². The average Bonchev–Trinajstić information content (AvgIpc) is 2.73. The number of likely N-dealkylation sites (N-methyl/N-ethyl adjacent to an activating group) is 1. The van der Waals surface area contributed by atoms with E-state index in [2.05, 4.69) is 41.2 Å². The lowest BCUT2D eigenvalue weighted by molar-refractivity contribution is 0.492. The zero-order chi connectivity index (χ0) is 11.8. The molecule has 1 heterocycles. The largest absolute Gasteiger partial charge is 0.335 e. The standard InChI is InChI=1S/C12H23N3S/c1-4-13-11(6-9-16-3)10-12-14-7-8-15(12)5-2/h7-8,11,13H,4-6,9-10H2,1-3H3. The van der Waals surface area contributed by atoms with Crippen LogP contribution < -0.4 is 5.32 Å². The van der Waals surface area contributed by atoms with Crippen molar-refractivity contribution in [2.75, 3.05) is 18.6 Å². The molecule has 1 N–H and O–H groups in total. The van der Waals surface area contributed by atoms with E-state index in [1.54, 1.807) is 0 Å². The van der Waals surface area contributed by atoms with Gasteiger partial charge in [-0.2, -0.15) is 11.8 Å². The van der Waals surface area contributed by atoms with Gasteiger partial charge in [-0.25, -0.2) is 4.98 Å². The smallest absolute Gasteiger partial charge is 0.110 e. The van der Waals surface area contributed by atoms with Crippen LogP contribution in [0.2, 0.25) is 0 Å². The fraction of sp³-hybridized carbons (Fsp3) is 0.750. The molecule has 0 aliphatic carbocycles. The van der Waals surface area contributed by atoms with Gasteiger partial charge in [0.05, 0.1) is 0 Å². The molecule has 3 nitrogen and oxygen atoms in total. The minimum atomic E-state index is 0.560. The number of nitrogens with zero attached hydrogens (tertiary/aromatic N) is 2. The van der Waals surface area contributed by atoms with Gasteiger partial charge in [0.2, 0.25) is 0 Å². The Morgan fingerprint density at radius 3 is 2.94 bits per heavy atom. The molecule has 1 aromatic rings. The monoisotopic (exact) mass is 241 g/mol. The summed E-state index contributed by atoms with van der Waals surface area (Å²) in [6, 6.07) is 0.560. The molecule has 0 saturated heterocycles. The zero-order valence-corrected chi connectivity index (χ0v) is 11.4. The lowest BCUT2D eigenvalue weighted by Crippen LogP contribution is -2.32. The van der Waals surface area contributed by atoms with Crippen molar-refractivity contribution >= 4 is 11.8 Å². The predicted molar refractivity (Wildman–Crippen MR) is 72.1 cm³/mol. The Bertz CT molecular complexity index is 286. The second-order valence-electron chi connectivity index (χ2n) is 3.87. The van der Waals surface area contributed by atoms with Gasteiger partial charge in [-0.15, -0.1) is 0 Å². The maximum Gasteiger partial charge on any atom is 0.110 e. The van der Waals surface area contributed by atoms with Crippen molar-refractivity contribution in [3.05, 3.63) is 18.2 Å². The minimum Gasteiger partial charge on any atom is -0.335 e. The van der Waals surface area contributed by atoms with Crippen LogP contribution in [0.3, 0.4) is 0 Å². The van der Waals surface area contributed by atoms with E-state index < -0.39 is 0 Å². The van der Waals surface area contributed by atoms with Crippen LogP contribution in [0.15, 0.2) is 12.4 Å². The van der Waals surface area contributed by atoms with Crippen LogP contribution >= 0.6 is 11.8 Å². The molecule has 0 aromatic carbocycles. The van der Waals surface area contributed by atoms with Crippen molar-refractivity contribution in [3.8, 4) is 0 Å². The molecule has 0 spiro atoms. The SMILES string of the molecule is CCNC(CCSC)Cc1nccn1CC. The maximum absolute atomic E-state index is 4.43. The minimum absolute atomic E-state index is 0.560. The molecule has 0 bridgehead atoms. The number of nitrogens with one attached hydrogen (secondary N) is 1. The maximum atomic E-state index is 4.43. The van der Waals surface area contributed by atoms with E-state index in [1.165, 1.54) is 18.0 Å². The van der Waals surface area contributed by atoms with Crippen LogP contribution in [0.5, 0.6) is 0 Å². The predicted octanol–water partition coefficient (Wildman–Crippen LogP) is 2.18. The molecule has 0 amide bonds. The van der Waals surface area contributed by atoms with Crippen molar-refractivity contribution < 1.29 is 0 Å². The molecule has 0 aliphatic heterocycles. The summed E-state index contributed by atoms with van der Waals surface area (Å²) in [5.41, 5.74) is 0. The fourth-order valence-electron chi connectivity index (χ4n) is 1.86. The van der Waals surface area contributed by atoms with Crippen molar-refractivity contribution in [2.24, 2.45) is 0 Å². The Hall–Kier alpha value is -0.480. The third-order valence-electron chi connectivity index (χ3n) is 2.73. The molecule has 4 heteroatoms. The van der Waals surface area contributed by atoms with Crippen LogP contribution in [-0.4, -0.2) is 34.1 Å². The highest BCUT2D eigenvalue weighted by Crippen LogP contribution is 2.07. The fourth-order valence-corrected chi connectivity index (χ4v) is 2.38. The van der Waals surface area contributed by atoms with E-state index in [1.807, 2.05) is 18.0 Å². The van der Waals surface area contributed by atoms with Gasteiger partial charge in [0.1, 0.15) is 5.82 Å². The first kappa shape index (κ1) is 13.6. The molecule has 1 unspecified atom stereocenters. The summed E-state index contributed by atoms with van der Waals surface area (Å²) >= 11 is 1.91. The van der Waals surface area contributed by atoms with E-state index >= 15 is 0 Å². The summed E-state index contributed by atoms with van der Waals surface area (Å²) in [5.74, 6) is 2.42. The third kappa shape index (κ3) is 4.18. The normalized spacial score (nSPS) is 12.9. The molecule has 1 atom stereocenters. The molecule has 16 heavy (non-hydrogen) atoms. The molecule has 92 valence electrons. The van der Waals surface area contributed by atoms with Gasteiger partial charge in [-0.1, -0.05) is 6.92 Å². The van der Waals surface area contributed by atoms with Gasteiger partial charge in [-0.05, 0) is 31.9 Å². The Balaban J connectivity index is 2.52. The topological polar surface area (TPSA) is 29.9 Å². The van der Waals surface area contributed by atoms with E-state index in [-0.39, 0.29) is 0 Å². The Morgan fingerprint density at radius 2 is 2.31 bits per heavy atom. The van der Waals surface area contributed by atoms with Gasteiger partial charge >= 0.3 is 0 Å². The second kappa shape index (κ2) is 7.74. The third-order valence-corrected chi connectivity index (χ3v) is 3.38. The first-order valence-corrected chi connectivity index (χ1v) is 7.43. The highest BCUT2D eigenvalue weighted by molar-refractivity contribution is 7.98. The number of hydrogen-bond acceptors (Lipinski definition) is 3. The summed E-state index contributed by atoms with van der Waals surface area (Å²) in [6.45, 7) is 6.37. The van der Waals surface area contributed by atoms with Crippen LogP contribution in [0, 0.1) is 0 Å². The van der Waals surface area contributed by atoms with Gasteiger partial charge in [-0.3, -0.25) is 0 Å². The lowest BCUT2D eigenvalue weighted by atomic mass is 10.1. The van der Waals surface area contributed by atoms with Crippen molar-refractivity contribution in [1.82, 2.24) is 14.9 Å². The van der Waals surface area contributed by atoms with Gasteiger partial charge in [0.25, 0.3) is 0 Å². The lowest BCUT2D eigenvalue weighted by Gasteiger charge is -2.17. The number of hydrogen-bond donors (Lipinski definition) is 1. The summed E-state index contributed by atoms with van der Waals surface area (Å²) in [6.07, 6.45) is 8.38. The molecule has 0 fully saturated rings. The Labute approximate surface area is 103 Å². The number of imidazole rings is 1. The average molecular weight is 241 g/mol. The summed E-state index contributed by atoms with van der Waals surface area (Å²) in [5, 5.41) is 3.54. The zero-order valence-electron chi connectivity index (χ0n) is 10.6. The van der Waals surface area contributed by atoms with Crippen LogP contribution in [-0.2, 0) is 13.0 Å². The highest BCUT2D eigenvalue weighted by atomic mass is 32.2. The molecular formula is C12H23N3S. The van der Waals surface area contributed by atoms with Crippen LogP contribution in [0.25, 0.3) is 0 Å². The summed E-state index contributed by atoms with van der Waals surface area (Å²) in [7, 11) is 0. The Morgan fingerprint density at radius 1 is 1.50 bits per heavy atom. The van der Waals surface area contributed by atoms with E-state index in [9.17, 15) is 0 Å². The van der Waals surface area contributed by atoms with Crippen molar-refractivity contribution in [2.45, 2.75) is 39.3 Å². The first-order valence-electron chi connectivity index (χ1n) is 6.04. The van der Waals surface area contributed by atoms with Crippen molar-refractivity contribution in [1.29, 1.82) is 0 Å². The highest BCUT2D eigenvalue weighted by Gasteiger charge is 2.11. The first-order chi connectivity index (χ1) is 7.81.